The molecule has 4 aromatic carbocycles. The highest BCUT2D eigenvalue weighted by Gasteiger charge is 2.23. The fraction of sp³-hybridized carbons (Fsp3) is 0.0645. The molecule has 2 amide bonds. The number of thiazole rings is 1. The topological polar surface area (TPSA) is 71.1 Å². The molecule has 0 spiro atoms. The number of hydrogen-bond acceptors (Lipinski definition) is 5. The van der Waals surface area contributed by atoms with Crippen LogP contribution in [0.4, 0.5) is 15.2 Å². The first-order valence-corrected chi connectivity index (χ1v) is 13.9. The quantitative estimate of drug-likeness (QED) is 0.191. The molecule has 0 fully saturated rings. The summed E-state index contributed by atoms with van der Waals surface area (Å²) in [4.78, 5) is 31.5. The molecule has 39 heavy (non-hydrogen) atoms. The van der Waals surface area contributed by atoms with E-state index in [1.165, 1.54) is 52.9 Å². The third-order valence-corrected chi connectivity index (χ3v) is 7.88. The van der Waals surface area contributed by atoms with Crippen molar-refractivity contribution in [3.8, 4) is 11.3 Å². The number of rotatable bonds is 8. The van der Waals surface area contributed by atoms with Gasteiger partial charge in [0.15, 0.2) is 5.13 Å². The summed E-state index contributed by atoms with van der Waals surface area (Å²) in [5.41, 5.74) is 4.74. The van der Waals surface area contributed by atoms with E-state index in [1.807, 2.05) is 85.1 Å². The second kappa shape index (κ2) is 12.1. The van der Waals surface area contributed by atoms with Gasteiger partial charge in [0.2, 0.25) is 5.91 Å². The average Bonchev–Trinajstić information content (AvgIpc) is 3.41. The second-order valence-electron chi connectivity index (χ2n) is 8.79. The molecule has 0 aliphatic rings. The summed E-state index contributed by atoms with van der Waals surface area (Å²) in [6, 6.07) is 30.3. The van der Waals surface area contributed by atoms with Crippen molar-refractivity contribution in [2.45, 2.75) is 17.1 Å². The Hall–Kier alpha value is -4.27. The van der Waals surface area contributed by atoms with Gasteiger partial charge in [-0.2, -0.15) is 0 Å². The normalized spacial score (nSPS) is 11.5. The van der Waals surface area contributed by atoms with Crippen LogP contribution in [0.15, 0.2) is 113 Å². The number of aromatic nitrogens is 1. The summed E-state index contributed by atoms with van der Waals surface area (Å²) in [5.74, 6) is -0.946. The maximum atomic E-state index is 13.5. The SMILES string of the molecule is Cc1ccc(-c2csc(NC(=O)C(Sc3cccc(NC(=O)c4ccc(F)cc4)c3)c3ccccc3)n2)cc1. The summed E-state index contributed by atoms with van der Waals surface area (Å²) in [5, 5.41) is 7.72. The number of hydrogen-bond donors (Lipinski definition) is 2. The molecule has 0 radical (unpaired) electrons. The monoisotopic (exact) mass is 553 g/mol. The number of nitrogens with zero attached hydrogens (tertiary/aromatic N) is 1. The molecule has 1 unspecified atom stereocenters. The summed E-state index contributed by atoms with van der Waals surface area (Å²) < 4.78 is 13.2. The Morgan fingerprint density at radius 2 is 1.62 bits per heavy atom. The van der Waals surface area contributed by atoms with Crippen LogP contribution in [-0.4, -0.2) is 16.8 Å². The van der Waals surface area contributed by atoms with Crippen LogP contribution in [0, 0.1) is 12.7 Å². The molecule has 1 aromatic heterocycles. The van der Waals surface area contributed by atoms with Crippen molar-refractivity contribution in [1.82, 2.24) is 4.98 Å². The van der Waals surface area contributed by atoms with E-state index < -0.39 is 11.1 Å². The van der Waals surface area contributed by atoms with Gasteiger partial charge in [-0.15, -0.1) is 23.1 Å². The van der Waals surface area contributed by atoms with Gasteiger partial charge in [-0.3, -0.25) is 9.59 Å². The Bertz CT molecular complexity index is 1590. The number of benzene rings is 4. The standard InChI is InChI=1S/C31H24FN3O2S2/c1-20-10-12-21(13-11-20)27-19-38-31(34-27)35-30(37)28(22-6-3-2-4-7-22)39-26-9-5-8-25(18-26)33-29(36)23-14-16-24(32)17-15-23/h2-19,28H,1H3,(H,33,36)(H,34,35,37). The van der Waals surface area contributed by atoms with Gasteiger partial charge in [0.05, 0.1) is 5.69 Å². The lowest BCUT2D eigenvalue weighted by Crippen LogP contribution is -2.19. The number of nitrogens with one attached hydrogen (secondary N) is 2. The van der Waals surface area contributed by atoms with Gasteiger partial charge in [-0.25, -0.2) is 9.37 Å². The third-order valence-electron chi connectivity index (χ3n) is 5.87. The fourth-order valence-electron chi connectivity index (χ4n) is 3.85. The lowest BCUT2D eigenvalue weighted by molar-refractivity contribution is -0.115. The number of anilines is 2. The molecule has 2 N–H and O–H groups in total. The number of amides is 2. The fourth-order valence-corrected chi connectivity index (χ4v) is 5.65. The van der Waals surface area contributed by atoms with Crippen LogP contribution in [0.5, 0.6) is 0 Å². The van der Waals surface area contributed by atoms with Crippen LogP contribution in [-0.2, 0) is 4.79 Å². The smallest absolute Gasteiger partial charge is 0.255 e. The predicted octanol–water partition coefficient (Wildman–Crippen LogP) is 7.98. The summed E-state index contributed by atoms with van der Waals surface area (Å²) in [6.45, 7) is 2.03. The molecule has 8 heteroatoms. The minimum atomic E-state index is -0.555. The first-order valence-electron chi connectivity index (χ1n) is 12.2. The molecule has 5 aromatic rings. The van der Waals surface area contributed by atoms with Crippen LogP contribution >= 0.6 is 23.1 Å². The largest absolute Gasteiger partial charge is 0.322 e. The lowest BCUT2D eigenvalue weighted by atomic mass is 10.1. The Kier molecular flexibility index (Phi) is 8.15. The highest BCUT2D eigenvalue weighted by atomic mass is 32.2. The zero-order valence-corrected chi connectivity index (χ0v) is 22.6. The van der Waals surface area contributed by atoms with Gasteiger partial charge < -0.3 is 10.6 Å². The van der Waals surface area contributed by atoms with Gasteiger partial charge in [-0.05, 0) is 55.0 Å². The zero-order valence-electron chi connectivity index (χ0n) is 20.9. The zero-order chi connectivity index (χ0) is 27.2. The van der Waals surface area contributed by atoms with Crippen molar-refractivity contribution in [1.29, 1.82) is 0 Å². The van der Waals surface area contributed by atoms with E-state index in [1.54, 1.807) is 6.07 Å². The van der Waals surface area contributed by atoms with Crippen molar-refractivity contribution < 1.29 is 14.0 Å². The average molecular weight is 554 g/mol. The molecule has 0 aliphatic carbocycles. The second-order valence-corrected chi connectivity index (χ2v) is 10.8. The van der Waals surface area contributed by atoms with Crippen molar-refractivity contribution in [3.63, 3.8) is 0 Å². The van der Waals surface area contributed by atoms with Gasteiger partial charge in [-0.1, -0.05) is 66.2 Å². The number of thioether (sulfide) groups is 1. The first kappa shape index (κ1) is 26.3. The number of carbonyl (C=O) groups excluding carboxylic acids is 2. The van der Waals surface area contributed by atoms with Crippen LogP contribution in [0.25, 0.3) is 11.3 Å². The first-order chi connectivity index (χ1) is 18.9. The van der Waals surface area contributed by atoms with E-state index in [4.69, 9.17) is 0 Å². The molecule has 0 bridgehead atoms. The number of aryl methyl sites for hydroxylation is 1. The molecule has 5 nitrogen and oxygen atoms in total. The Labute approximate surface area is 234 Å². The van der Waals surface area contributed by atoms with Gasteiger partial charge in [0, 0.05) is 27.1 Å². The molecule has 0 aliphatic heterocycles. The summed E-state index contributed by atoms with van der Waals surface area (Å²) in [7, 11) is 0. The molecule has 5 rings (SSSR count). The molecular weight excluding hydrogens is 529 g/mol. The van der Waals surface area contributed by atoms with Crippen LogP contribution in [0.2, 0.25) is 0 Å². The van der Waals surface area contributed by atoms with E-state index in [9.17, 15) is 14.0 Å². The van der Waals surface area contributed by atoms with E-state index in [0.29, 0.717) is 16.4 Å². The van der Waals surface area contributed by atoms with Crippen LogP contribution in [0.1, 0.15) is 26.7 Å². The van der Waals surface area contributed by atoms with Crippen molar-refractivity contribution in [2.24, 2.45) is 0 Å². The van der Waals surface area contributed by atoms with E-state index in [-0.39, 0.29) is 11.8 Å². The lowest BCUT2D eigenvalue weighted by Gasteiger charge is -2.17. The minimum absolute atomic E-state index is 0.197. The van der Waals surface area contributed by atoms with Crippen LogP contribution in [0.3, 0.4) is 0 Å². The van der Waals surface area contributed by atoms with Crippen LogP contribution < -0.4 is 10.6 Å². The van der Waals surface area contributed by atoms with Crippen molar-refractivity contribution in [3.05, 3.63) is 131 Å². The van der Waals surface area contributed by atoms with Crippen molar-refractivity contribution >= 4 is 45.7 Å². The van der Waals surface area contributed by atoms with E-state index >= 15 is 0 Å². The molecule has 1 atom stereocenters. The van der Waals surface area contributed by atoms with Gasteiger partial charge in [0.25, 0.3) is 5.91 Å². The number of carbonyl (C=O) groups is 2. The Balaban J connectivity index is 1.33. The van der Waals surface area contributed by atoms with E-state index in [2.05, 4.69) is 15.6 Å². The van der Waals surface area contributed by atoms with Gasteiger partial charge in [0.1, 0.15) is 11.1 Å². The molecular formula is C31H24FN3O2S2. The Morgan fingerprint density at radius 1 is 0.872 bits per heavy atom. The predicted molar refractivity (Wildman–Crippen MR) is 157 cm³/mol. The molecule has 194 valence electrons. The Morgan fingerprint density at radius 3 is 2.36 bits per heavy atom. The van der Waals surface area contributed by atoms with Crippen molar-refractivity contribution in [2.75, 3.05) is 10.6 Å². The van der Waals surface area contributed by atoms with Gasteiger partial charge >= 0.3 is 0 Å². The highest BCUT2D eigenvalue weighted by molar-refractivity contribution is 8.00. The molecule has 0 saturated heterocycles. The maximum Gasteiger partial charge on any atom is 0.255 e. The third kappa shape index (κ3) is 6.79. The maximum absolute atomic E-state index is 13.5. The summed E-state index contributed by atoms with van der Waals surface area (Å²) in [6.07, 6.45) is 0. The molecule has 1 heterocycles. The number of halogens is 1. The minimum Gasteiger partial charge on any atom is -0.322 e. The highest BCUT2D eigenvalue weighted by Crippen LogP contribution is 2.37. The van der Waals surface area contributed by atoms with E-state index in [0.717, 1.165) is 21.7 Å². The summed E-state index contributed by atoms with van der Waals surface area (Å²) >= 11 is 2.76. The molecule has 0 saturated carbocycles.